The number of carbonyl (C=O) groups excluding carboxylic acids is 1. The highest BCUT2D eigenvalue weighted by Gasteiger charge is 2.21. The number of aryl methyl sites for hydroxylation is 1. The van der Waals surface area contributed by atoms with Gasteiger partial charge in [0.1, 0.15) is 0 Å². The summed E-state index contributed by atoms with van der Waals surface area (Å²) in [4.78, 5) is 14.7. The second-order valence-electron chi connectivity index (χ2n) is 7.70. The normalized spacial score (nSPS) is 17.3. The van der Waals surface area contributed by atoms with Gasteiger partial charge < -0.3 is 10.1 Å². The summed E-state index contributed by atoms with van der Waals surface area (Å²) in [6, 6.07) is 25.2. The van der Waals surface area contributed by atoms with Crippen LogP contribution in [0.25, 0.3) is 10.8 Å². The van der Waals surface area contributed by atoms with Gasteiger partial charge in [-0.25, -0.2) is 0 Å². The Morgan fingerprint density at radius 2 is 1.76 bits per heavy atom. The molecule has 1 unspecified atom stereocenters. The summed E-state index contributed by atoms with van der Waals surface area (Å²) < 4.78 is 5.85. The molecular formula is C25H28N2O2. The van der Waals surface area contributed by atoms with Crippen LogP contribution in [-0.4, -0.2) is 43.2 Å². The Morgan fingerprint density at radius 3 is 2.62 bits per heavy atom. The van der Waals surface area contributed by atoms with Crippen molar-refractivity contribution in [2.45, 2.75) is 25.5 Å². The maximum atomic E-state index is 12.3. The molecule has 0 spiro atoms. The number of benzene rings is 3. The first-order chi connectivity index (χ1) is 14.3. The van der Waals surface area contributed by atoms with Crippen molar-refractivity contribution in [3.05, 3.63) is 83.9 Å². The predicted octanol–water partition coefficient (Wildman–Crippen LogP) is 3.79. The molecular weight excluding hydrogens is 360 g/mol. The van der Waals surface area contributed by atoms with Crippen molar-refractivity contribution in [1.29, 1.82) is 0 Å². The Balaban J connectivity index is 1.21. The molecule has 3 aromatic carbocycles. The molecule has 3 aromatic rings. The topological polar surface area (TPSA) is 41.6 Å². The lowest BCUT2D eigenvalue weighted by atomic mass is 10.0. The van der Waals surface area contributed by atoms with Gasteiger partial charge in [-0.05, 0) is 28.3 Å². The average Bonchev–Trinajstić information content (AvgIpc) is 2.77. The number of hydrogen-bond donors (Lipinski definition) is 1. The highest BCUT2D eigenvalue weighted by molar-refractivity contribution is 5.83. The van der Waals surface area contributed by atoms with Crippen molar-refractivity contribution in [3.63, 3.8) is 0 Å². The van der Waals surface area contributed by atoms with E-state index in [1.807, 2.05) is 18.2 Å². The zero-order valence-electron chi connectivity index (χ0n) is 16.7. The predicted molar refractivity (Wildman–Crippen MR) is 117 cm³/mol. The minimum Gasteiger partial charge on any atom is -0.374 e. The van der Waals surface area contributed by atoms with Crippen LogP contribution in [0.15, 0.2) is 72.8 Å². The molecule has 0 bridgehead atoms. The number of hydrogen-bond acceptors (Lipinski definition) is 3. The Kier molecular flexibility index (Phi) is 6.55. The molecule has 1 fully saturated rings. The second kappa shape index (κ2) is 9.68. The first kappa shape index (κ1) is 19.6. The van der Waals surface area contributed by atoms with Crippen LogP contribution in [0.4, 0.5) is 0 Å². The first-order valence-corrected chi connectivity index (χ1v) is 10.4. The Labute approximate surface area is 172 Å². The number of carbonyl (C=O) groups is 1. The number of ether oxygens (including phenoxy) is 1. The zero-order chi connectivity index (χ0) is 19.9. The van der Waals surface area contributed by atoms with Gasteiger partial charge in [-0.1, -0.05) is 72.8 Å². The van der Waals surface area contributed by atoms with Crippen molar-refractivity contribution < 1.29 is 9.53 Å². The van der Waals surface area contributed by atoms with Gasteiger partial charge in [0.05, 0.1) is 12.7 Å². The Morgan fingerprint density at radius 1 is 0.966 bits per heavy atom. The van der Waals surface area contributed by atoms with E-state index in [0.717, 1.165) is 26.1 Å². The van der Waals surface area contributed by atoms with Gasteiger partial charge >= 0.3 is 0 Å². The van der Waals surface area contributed by atoms with Crippen molar-refractivity contribution >= 4 is 16.7 Å². The fraction of sp³-hybridized carbons (Fsp3) is 0.320. The number of rotatable bonds is 7. The van der Waals surface area contributed by atoms with Gasteiger partial charge in [0, 0.05) is 32.6 Å². The maximum absolute atomic E-state index is 12.3. The van der Waals surface area contributed by atoms with E-state index in [1.165, 1.54) is 21.9 Å². The SMILES string of the molecule is O=C(CCc1ccc2ccccc2c1)NCC1CN(Cc2ccccc2)CCO1. The molecule has 0 aromatic heterocycles. The molecule has 1 aliphatic heterocycles. The van der Waals surface area contributed by atoms with E-state index in [4.69, 9.17) is 4.74 Å². The van der Waals surface area contributed by atoms with Crippen molar-refractivity contribution in [2.24, 2.45) is 0 Å². The quantitative estimate of drug-likeness (QED) is 0.670. The summed E-state index contributed by atoms with van der Waals surface area (Å²) in [6.07, 6.45) is 1.30. The fourth-order valence-corrected chi connectivity index (χ4v) is 3.86. The van der Waals surface area contributed by atoms with Crippen LogP contribution in [0, 0.1) is 0 Å². The van der Waals surface area contributed by atoms with Crippen LogP contribution in [0.2, 0.25) is 0 Å². The molecule has 4 rings (SSSR count). The number of amides is 1. The van der Waals surface area contributed by atoms with E-state index in [9.17, 15) is 4.79 Å². The highest BCUT2D eigenvalue weighted by atomic mass is 16.5. The number of nitrogens with one attached hydrogen (secondary N) is 1. The monoisotopic (exact) mass is 388 g/mol. The summed E-state index contributed by atoms with van der Waals surface area (Å²) in [5, 5.41) is 5.51. The molecule has 29 heavy (non-hydrogen) atoms. The van der Waals surface area contributed by atoms with E-state index in [2.05, 4.69) is 64.8 Å². The molecule has 1 atom stereocenters. The first-order valence-electron chi connectivity index (χ1n) is 10.4. The van der Waals surface area contributed by atoms with E-state index in [-0.39, 0.29) is 12.0 Å². The minimum absolute atomic E-state index is 0.0529. The van der Waals surface area contributed by atoms with Gasteiger partial charge in [-0.15, -0.1) is 0 Å². The lowest BCUT2D eigenvalue weighted by Gasteiger charge is -2.33. The van der Waals surface area contributed by atoms with Gasteiger partial charge in [-0.2, -0.15) is 0 Å². The number of nitrogens with zero attached hydrogens (tertiary/aromatic N) is 1. The molecule has 1 saturated heterocycles. The van der Waals surface area contributed by atoms with Gasteiger partial charge in [0.25, 0.3) is 0 Å². The van der Waals surface area contributed by atoms with Gasteiger partial charge in [0.15, 0.2) is 0 Å². The molecule has 4 heteroatoms. The van der Waals surface area contributed by atoms with Crippen LogP contribution in [0.1, 0.15) is 17.5 Å². The summed E-state index contributed by atoms with van der Waals surface area (Å²) in [5.74, 6) is 0.0851. The third kappa shape index (κ3) is 5.66. The van der Waals surface area contributed by atoms with E-state index >= 15 is 0 Å². The van der Waals surface area contributed by atoms with Crippen molar-refractivity contribution in [2.75, 3.05) is 26.2 Å². The molecule has 1 N–H and O–H groups in total. The standard InChI is InChI=1S/C25H28N2O2/c28-25(13-11-20-10-12-22-8-4-5-9-23(22)16-20)26-17-24-19-27(14-15-29-24)18-21-6-2-1-3-7-21/h1-10,12,16,24H,11,13-15,17-19H2,(H,26,28). The lowest BCUT2D eigenvalue weighted by Crippen LogP contribution is -2.47. The average molecular weight is 389 g/mol. The van der Waals surface area contributed by atoms with Crippen molar-refractivity contribution in [1.82, 2.24) is 10.2 Å². The molecule has 150 valence electrons. The lowest BCUT2D eigenvalue weighted by molar-refractivity contribution is -0.122. The molecule has 1 aliphatic rings. The zero-order valence-corrected chi connectivity index (χ0v) is 16.7. The fourth-order valence-electron chi connectivity index (χ4n) is 3.86. The largest absolute Gasteiger partial charge is 0.374 e. The van der Waals surface area contributed by atoms with Crippen LogP contribution in [0.3, 0.4) is 0 Å². The molecule has 0 radical (unpaired) electrons. The maximum Gasteiger partial charge on any atom is 0.220 e. The van der Waals surface area contributed by atoms with Crippen molar-refractivity contribution in [3.8, 4) is 0 Å². The second-order valence-corrected chi connectivity index (χ2v) is 7.70. The minimum atomic E-state index is 0.0529. The third-order valence-electron chi connectivity index (χ3n) is 5.45. The summed E-state index contributed by atoms with van der Waals surface area (Å²) in [7, 11) is 0. The summed E-state index contributed by atoms with van der Waals surface area (Å²) in [6.45, 7) is 3.99. The van der Waals surface area contributed by atoms with Gasteiger partial charge in [0.2, 0.25) is 5.91 Å². The van der Waals surface area contributed by atoms with Crippen LogP contribution in [-0.2, 0) is 22.5 Å². The molecule has 4 nitrogen and oxygen atoms in total. The van der Waals surface area contributed by atoms with E-state index < -0.39 is 0 Å². The van der Waals surface area contributed by atoms with Crippen LogP contribution >= 0.6 is 0 Å². The Bertz CT molecular complexity index is 942. The summed E-state index contributed by atoms with van der Waals surface area (Å²) >= 11 is 0. The number of fused-ring (bicyclic) bond motifs is 1. The highest BCUT2D eigenvalue weighted by Crippen LogP contribution is 2.16. The molecule has 0 saturated carbocycles. The van der Waals surface area contributed by atoms with E-state index in [0.29, 0.717) is 19.6 Å². The molecule has 1 heterocycles. The smallest absolute Gasteiger partial charge is 0.220 e. The van der Waals surface area contributed by atoms with Gasteiger partial charge in [-0.3, -0.25) is 9.69 Å². The molecule has 1 amide bonds. The summed E-state index contributed by atoms with van der Waals surface area (Å²) in [5.41, 5.74) is 2.51. The van der Waals surface area contributed by atoms with E-state index in [1.54, 1.807) is 0 Å². The number of morpholine rings is 1. The van der Waals surface area contributed by atoms with Crippen LogP contribution in [0.5, 0.6) is 0 Å². The third-order valence-corrected chi connectivity index (χ3v) is 5.45. The van der Waals surface area contributed by atoms with Crippen LogP contribution < -0.4 is 5.32 Å². The molecule has 0 aliphatic carbocycles. The Hall–Kier alpha value is -2.69.